The van der Waals surface area contributed by atoms with Gasteiger partial charge in [0.05, 0.1) is 22.1 Å². The lowest BCUT2D eigenvalue weighted by Crippen LogP contribution is -2.06. The van der Waals surface area contributed by atoms with E-state index in [-0.39, 0.29) is 0 Å². The summed E-state index contributed by atoms with van der Waals surface area (Å²) in [5.74, 6) is 1.70. The van der Waals surface area contributed by atoms with Crippen molar-refractivity contribution in [1.29, 1.82) is 0 Å². The first kappa shape index (κ1) is 37.8. The van der Waals surface area contributed by atoms with Crippen molar-refractivity contribution in [3.63, 3.8) is 0 Å². The van der Waals surface area contributed by atoms with E-state index in [2.05, 4.69) is 209 Å². The maximum atomic E-state index is 6.41. The lowest BCUT2D eigenvalue weighted by Gasteiger charge is -2.13. The van der Waals surface area contributed by atoms with Crippen LogP contribution in [0, 0.1) is 0 Å². The quantitative estimate of drug-likeness (QED) is 0.162. The molecule has 0 N–H and O–H groups in total. The molecule has 0 unspecified atom stereocenters. The molecule has 69 heavy (non-hydrogen) atoms. The van der Waals surface area contributed by atoms with Gasteiger partial charge in [-0.15, -0.1) is 0 Å². The lowest BCUT2D eigenvalue weighted by molar-refractivity contribution is 0.669. The molecule has 6 heteroatoms. The van der Waals surface area contributed by atoms with Gasteiger partial charge in [-0.1, -0.05) is 158 Å². The van der Waals surface area contributed by atoms with Gasteiger partial charge in [0.15, 0.2) is 11.6 Å². The van der Waals surface area contributed by atoms with Crippen LogP contribution in [0.1, 0.15) is 0 Å². The van der Waals surface area contributed by atoms with Gasteiger partial charge >= 0.3 is 0 Å². The van der Waals surface area contributed by atoms with Crippen molar-refractivity contribution in [3.05, 3.63) is 224 Å². The van der Waals surface area contributed by atoms with Gasteiger partial charge in [0, 0.05) is 49.1 Å². The van der Waals surface area contributed by atoms with Gasteiger partial charge in [0.1, 0.15) is 11.2 Å². The van der Waals surface area contributed by atoms with Gasteiger partial charge in [-0.25, -0.2) is 4.98 Å². The first-order valence-electron chi connectivity index (χ1n) is 23.3. The van der Waals surface area contributed by atoms with Gasteiger partial charge in [-0.2, -0.15) is 9.97 Å². The third-order valence-electron chi connectivity index (χ3n) is 14.2. The van der Waals surface area contributed by atoms with E-state index >= 15 is 0 Å². The van der Waals surface area contributed by atoms with Crippen LogP contribution in [0.25, 0.3) is 143 Å². The molecule has 6 nitrogen and oxygen atoms in total. The zero-order valence-corrected chi connectivity index (χ0v) is 37.0. The highest BCUT2D eigenvalue weighted by atomic mass is 16.3. The van der Waals surface area contributed by atoms with Crippen molar-refractivity contribution in [1.82, 2.24) is 24.1 Å². The van der Waals surface area contributed by atoms with E-state index in [4.69, 9.17) is 19.4 Å². The predicted molar refractivity (Wildman–Crippen MR) is 285 cm³/mol. The number of hydrogen-bond donors (Lipinski definition) is 0. The van der Waals surface area contributed by atoms with E-state index in [1.165, 1.54) is 48.7 Å². The number of nitrogens with zero attached hydrogens (tertiary/aromatic N) is 5. The van der Waals surface area contributed by atoms with Gasteiger partial charge in [-0.05, 0) is 110 Å². The van der Waals surface area contributed by atoms with Crippen LogP contribution in [0.4, 0.5) is 0 Å². The summed E-state index contributed by atoms with van der Waals surface area (Å²) in [6.07, 6.45) is 0. The highest BCUT2D eigenvalue weighted by molar-refractivity contribution is 6.26. The Balaban J connectivity index is 0.960. The van der Waals surface area contributed by atoms with Gasteiger partial charge in [0.2, 0.25) is 5.95 Å². The van der Waals surface area contributed by atoms with Crippen molar-refractivity contribution < 1.29 is 4.42 Å². The fourth-order valence-electron chi connectivity index (χ4n) is 11.1. The van der Waals surface area contributed by atoms with Crippen LogP contribution in [0.5, 0.6) is 0 Å². The first-order chi connectivity index (χ1) is 34.2. The highest BCUT2D eigenvalue weighted by Gasteiger charge is 2.22. The third-order valence-corrected chi connectivity index (χ3v) is 14.2. The molecule has 320 valence electrons. The minimum Gasteiger partial charge on any atom is -0.456 e. The number of aromatic nitrogens is 5. The third kappa shape index (κ3) is 5.63. The number of para-hydroxylation sites is 4. The molecular formula is C63H37N5O. The second-order valence-electron chi connectivity index (χ2n) is 17.9. The average Bonchev–Trinajstić information content (AvgIpc) is 4.08. The van der Waals surface area contributed by atoms with E-state index in [0.29, 0.717) is 17.6 Å². The van der Waals surface area contributed by atoms with E-state index in [0.717, 1.165) is 77.1 Å². The van der Waals surface area contributed by atoms with Crippen LogP contribution in [0.3, 0.4) is 0 Å². The SMILES string of the molecule is c1ccc(-n2c3ccccc3c3cc(-c4ccc5c(c4)c4ccccc4n5-c4nc(-c5ccc6c7ccccc7c7ccccc7c6c5)nc(-c5cccc6oc7ccccc7c56)n4)ccc32)cc1. The van der Waals surface area contributed by atoms with Crippen molar-refractivity contribution in [3.8, 4) is 45.5 Å². The smallest absolute Gasteiger partial charge is 0.238 e. The normalized spacial score (nSPS) is 12.1. The fourth-order valence-corrected chi connectivity index (χ4v) is 11.1. The number of benzene rings is 11. The number of furan rings is 1. The summed E-state index contributed by atoms with van der Waals surface area (Å²) in [5.41, 5.74) is 11.2. The molecule has 0 fully saturated rings. The average molecular weight is 880 g/mol. The minimum atomic E-state index is 0.539. The molecule has 0 atom stereocenters. The lowest BCUT2D eigenvalue weighted by atomic mass is 9.93. The molecule has 0 spiro atoms. The maximum absolute atomic E-state index is 6.41. The number of rotatable bonds is 5. The Morgan fingerprint density at radius 1 is 0.290 bits per heavy atom. The molecule has 4 aromatic heterocycles. The van der Waals surface area contributed by atoms with Crippen LogP contribution in [-0.4, -0.2) is 24.1 Å². The Morgan fingerprint density at radius 3 is 1.45 bits per heavy atom. The highest BCUT2D eigenvalue weighted by Crippen LogP contribution is 2.41. The topological polar surface area (TPSA) is 61.7 Å². The number of hydrogen-bond acceptors (Lipinski definition) is 4. The van der Waals surface area contributed by atoms with Crippen LogP contribution in [0.15, 0.2) is 229 Å². The predicted octanol–water partition coefficient (Wildman–Crippen LogP) is 16.4. The summed E-state index contributed by atoms with van der Waals surface area (Å²) in [6.45, 7) is 0. The molecule has 0 aliphatic rings. The Kier molecular flexibility index (Phi) is 7.97. The fraction of sp³-hybridized carbons (Fsp3) is 0. The summed E-state index contributed by atoms with van der Waals surface area (Å²) in [4.78, 5) is 16.2. The molecule has 0 radical (unpaired) electrons. The summed E-state index contributed by atoms with van der Waals surface area (Å²) in [6, 6.07) is 79.8. The van der Waals surface area contributed by atoms with Crippen molar-refractivity contribution >= 4 is 97.9 Å². The molecule has 0 amide bonds. The van der Waals surface area contributed by atoms with E-state index in [1.54, 1.807) is 0 Å². The molecule has 0 aliphatic carbocycles. The maximum Gasteiger partial charge on any atom is 0.238 e. The molecule has 0 bridgehead atoms. The van der Waals surface area contributed by atoms with Gasteiger partial charge < -0.3 is 8.98 Å². The molecule has 15 aromatic rings. The summed E-state index contributed by atoms with van der Waals surface area (Å²) < 4.78 is 11.0. The number of fused-ring (bicyclic) bond motifs is 15. The van der Waals surface area contributed by atoms with E-state index in [9.17, 15) is 0 Å². The largest absolute Gasteiger partial charge is 0.456 e. The molecule has 0 saturated carbocycles. The monoisotopic (exact) mass is 879 g/mol. The summed E-state index contributed by atoms with van der Waals surface area (Å²) >= 11 is 0. The Labute approximate surface area is 394 Å². The van der Waals surface area contributed by atoms with Gasteiger partial charge in [-0.3, -0.25) is 4.57 Å². The molecular weight excluding hydrogens is 843 g/mol. The first-order valence-corrected chi connectivity index (χ1v) is 23.3. The molecule has 11 aromatic carbocycles. The van der Waals surface area contributed by atoms with E-state index in [1.807, 2.05) is 24.3 Å². The molecule has 4 heterocycles. The second kappa shape index (κ2) is 14.6. The molecule has 15 rings (SSSR count). The zero-order chi connectivity index (χ0) is 45.2. The van der Waals surface area contributed by atoms with Crippen LogP contribution >= 0.6 is 0 Å². The standard InChI is InChI=1S/C63H37N5O/c1-2-15-41(16-3-1)67-54-25-11-8-21-47(54)52-35-38(30-33-56(52)67)39-31-34-57-53(36-39)48-22-9-12-26-55(48)68(57)63-65-61(64-62(66-63)50-24-14-28-59-60(50)49-23-10-13-27-58(49)69-59)40-29-32-46-44-19-5-4-17-42(44)43-18-6-7-20-45(43)51(46)37-40/h1-37H. The van der Waals surface area contributed by atoms with Crippen LogP contribution in [-0.2, 0) is 0 Å². The summed E-state index contributed by atoms with van der Waals surface area (Å²) in [5, 5.41) is 13.9. The van der Waals surface area contributed by atoms with Crippen molar-refractivity contribution in [2.75, 3.05) is 0 Å². The Morgan fingerprint density at radius 2 is 0.768 bits per heavy atom. The second-order valence-corrected chi connectivity index (χ2v) is 17.9. The minimum absolute atomic E-state index is 0.539. The van der Waals surface area contributed by atoms with Crippen molar-refractivity contribution in [2.24, 2.45) is 0 Å². The van der Waals surface area contributed by atoms with Gasteiger partial charge in [0.25, 0.3) is 0 Å². The van der Waals surface area contributed by atoms with Crippen LogP contribution in [0.2, 0.25) is 0 Å². The van der Waals surface area contributed by atoms with Crippen LogP contribution < -0.4 is 0 Å². The Bertz CT molecular complexity index is 4580. The Hall–Kier alpha value is -9.39. The molecule has 0 aliphatic heterocycles. The van der Waals surface area contributed by atoms with Crippen molar-refractivity contribution in [2.45, 2.75) is 0 Å². The molecule has 0 saturated heterocycles. The summed E-state index contributed by atoms with van der Waals surface area (Å²) in [7, 11) is 0. The van der Waals surface area contributed by atoms with E-state index < -0.39 is 0 Å². The zero-order valence-electron chi connectivity index (χ0n) is 37.0.